The van der Waals surface area contributed by atoms with Crippen molar-refractivity contribution in [2.45, 2.75) is 6.54 Å². The maximum absolute atomic E-state index is 13.4. The van der Waals surface area contributed by atoms with E-state index in [9.17, 15) is 19.6 Å². The molecule has 0 aliphatic heterocycles. The number of halogens is 2. The van der Waals surface area contributed by atoms with Crippen molar-refractivity contribution in [3.05, 3.63) is 62.9 Å². The lowest BCUT2D eigenvalue weighted by atomic mass is 10.2. The van der Waals surface area contributed by atoms with Gasteiger partial charge in [0.15, 0.2) is 0 Å². The minimum atomic E-state index is -0.899. The summed E-state index contributed by atoms with van der Waals surface area (Å²) in [6.07, 6.45) is 0. The first kappa shape index (κ1) is 14.1. The van der Waals surface area contributed by atoms with Crippen LogP contribution in [0.3, 0.4) is 0 Å². The van der Waals surface area contributed by atoms with Gasteiger partial charge in [-0.25, -0.2) is 0 Å². The van der Waals surface area contributed by atoms with Gasteiger partial charge in [0.2, 0.25) is 5.82 Å². The first-order valence-corrected chi connectivity index (χ1v) is 6.00. The largest absolute Gasteiger partial charge is 0.506 e. The zero-order valence-electron chi connectivity index (χ0n) is 10.1. The second kappa shape index (κ2) is 5.75. The molecule has 0 radical (unpaired) electrons. The number of nitro benzene ring substituents is 1. The molecule has 0 atom stereocenters. The van der Waals surface area contributed by atoms with Crippen LogP contribution in [0.2, 0.25) is 5.02 Å². The van der Waals surface area contributed by atoms with Crippen molar-refractivity contribution in [2.24, 2.45) is 0 Å². The van der Waals surface area contributed by atoms with E-state index in [0.29, 0.717) is 12.2 Å². The molecular formula is C13H10ClFN2O3. The standard InChI is InChI=1S/C13H10ClFN2O3/c14-10-5-8(1-4-13(10)18)7-16-9-2-3-12(17(19)20)11(15)6-9/h1-6,16,18H,7H2. The molecule has 0 saturated heterocycles. The molecule has 0 bridgehead atoms. The van der Waals surface area contributed by atoms with Gasteiger partial charge in [0.1, 0.15) is 5.75 Å². The highest BCUT2D eigenvalue weighted by atomic mass is 35.5. The smallest absolute Gasteiger partial charge is 0.304 e. The molecular weight excluding hydrogens is 287 g/mol. The molecule has 104 valence electrons. The van der Waals surface area contributed by atoms with Crippen LogP contribution in [0, 0.1) is 15.9 Å². The van der Waals surface area contributed by atoms with Crippen molar-refractivity contribution in [3.63, 3.8) is 0 Å². The highest BCUT2D eigenvalue weighted by Gasteiger charge is 2.13. The van der Waals surface area contributed by atoms with Crippen LogP contribution in [-0.4, -0.2) is 10.0 Å². The summed E-state index contributed by atoms with van der Waals surface area (Å²) >= 11 is 5.76. The Morgan fingerprint density at radius 3 is 2.65 bits per heavy atom. The number of nitrogens with one attached hydrogen (secondary N) is 1. The number of nitrogens with zero attached hydrogens (tertiary/aromatic N) is 1. The van der Waals surface area contributed by atoms with Crippen LogP contribution in [0.1, 0.15) is 5.56 Å². The Morgan fingerprint density at radius 2 is 2.05 bits per heavy atom. The lowest BCUT2D eigenvalue weighted by molar-refractivity contribution is -0.387. The number of aromatic hydroxyl groups is 1. The predicted molar refractivity (Wildman–Crippen MR) is 73.5 cm³/mol. The highest BCUT2D eigenvalue weighted by Crippen LogP contribution is 2.25. The Labute approximate surface area is 118 Å². The number of phenols is 1. The van der Waals surface area contributed by atoms with Gasteiger partial charge < -0.3 is 10.4 Å². The maximum Gasteiger partial charge on any atom is 0.304 e. The van der Waals surface area contributed by atoms with Crippen molar-refractivity contribution >= 4 is 23.0 Å². The fourth-order valence-corrected chi connectivity index (χ4v) is 1.83. The van der Waals surface area contributed by atoms with E-state index in [0.717, 1.165) is 17.7 Å². The minimum absolute atomic E-state index is 0.0169. The average molecular weight is 297 g/mol. The number of anilines is 1. The van der Waals surface area contributed by atoms with E-state index in [4.69, 9.17) is 11.6 Å². The topological polar surface area (TPSA) is 75.4 Å². The summed E-state index contributed by atoms with van der Waals surface area (Å²) in [7, 11) is 0. The second-order valence-corrected chi connectivity index (χ2v) is 4.47. The molecule has 0 aromatic heterocycles. The highest BCUT2D eigenvalue weighted by molar-refractivity contribution is 6.32. The summed E-state index contributed by atoms with van der Waals surface area (Å²) in [4.78, 5) is 9.71. The van der Waals surface area contributed by atoms with Gasteiger partial charge in [0, 0.05) is 24.4 Å². The Bertz CT molecular complexity index is 664. The second-order valence-electron chi connectivity index (χ2n) is 4.06. The van der Waals surface area contributed by atoms with E-state index in [1.54, 1.807) is 12.1 Å². The average Bonchev–Trinajstić information content (AvgIpc) is 2.40. The summed E-state index contributed by atoms with van der Waals surface area (Å²) in [5, 5.41) is 22.9. The molecule has 0 spiro atoms. The molecule has 7 heteroatoms. The van der Waals surface area contributed by atoms with Gasteiger partial charge in [-0.2, -0.15) is 4.39 Å². The van der Waals surface area contributed by atoms with E-state index in [1.165, 1.54) is 12.1 Å². The van der Waals surface area contributed by atoms with Gasteiger partial charge in [-0.3, -0.25) is 10.1 Å². The number of hydrogen-bond acceptors (Lipinski definition) is 4. The molecule has 0 fully saturated rings. The van der Waals surface area contributed by atoms with Crippen LogP contribution in [0.5, 0.6) is 5.75 Å². The lowest BCUT2D eigenvalue weighted by Crippen LogP contribution is -2.01. The Hall–Kier alpha value is -2.34. The molecule has 0 aliphatic rings. The normalized spacial score (nSPS) is 10.3. The predicted octanol–water partition coefficient (Wildman–Crippen LogP) is 3.71. The molecule has 0 aliphatic carbocycles. The Balaban J connectivity index is 2.09. The summed E-state index contributed by atoms with van der Waals surface area (Å²) < 4.78 is 13.4. The zero-order valence-corrected chi connectivity index (χ0v) is 10.9. The van der Waals surface area contributed by atoms with Gasteiger partial charge in [-0.15, -0.1) is 0 Å². The molecule has 0 unspecified atom stereocenters. The van der Waals surface area contributed by atoms with Crippen molar-refractivity contribution in [2.75, 3.05) is 5.32 Å². The quantitative estimate of drug-likeness (QED) is 0.666. The first-order chi connectivity index (χ1) is 9.47. The third-order valence-electron chi connectivity index (χ3n) is 2.65. The van der Waals surface area contributed by atoms with Gasteiger partial charge in [-0.05, 0) is 23.8 Å². The minimum Gasteiger partial charge on any atom is -0.506 e. The summed E-state index contributed by atoms with van der Waals surface area (Å²) in [6.45, 7) is 0.344. The van der Waals surface area contributed by atoms with E-state index >= 15 is 0 Å². The molecule has 2 N–H and O–H groups in total. The van der Waals surface area contributed by atoms with Gasteiger partial charge in [-0.1, -0.05) is 17.7 Å². The molecule has 2 aromatic carbocycles. The molecule has 0 saturated carbocycles. The monoisotopic (exact) mass is 296 g/mol. The van der Waals surface area contributed by atoms with Crippen LogP contribution in [-0.2, 0) is 6.54 Å². The summed E-state index contributed by atoms with van der Waals surface area (Å²) in [5.74, 6) is -0.916. The van der Waals surface area contributed by atoms with E-state index in [-0.39, 0.29) is 10.8 Å². The van der Waals surface area contributed by atoms with Crippen molar-refractivity contribution in [1.82, 2.24) is 0 Å². The van der Waals surface area contributed by atoms with E-state index in [1.807, 2.05) is 0 Å². The number of benzene rings is 2. The Morgan fingerprint density at radius 1 is 1.30 bits per heavy atom. The molecule has 5 nitrogen and oxygen atoms in total. The first-order valence-electron chi connectivity index (χ1n) is 5.62. The molecule has 20 heavy (non-hydrogen) atoms. The zero-order chi connectivity index (χ0) is 14.7. The van der Waals surface area contributed by atoms with Gasteiger partial charge in [0.25, 0.3) is 0 Å². The molecule has 0 amide bonds. The van der Waals surface area contributed by atoms with Crippen molar-refractivity contribution in [1.29, 1.82) is 0 Å². The van der Waals surface area contributed by atoms with Gasteiger partial charge in [0.05, 0.1) is 9.95 Å². The Kier molecular flexibility index (Phi) is 4.05. The van der Waals surface area contributed by atoms with Crippen LogP contribution < -0.4 is 5.32 Å². The number of phenolic OH excluding ortho intramolecular Hbond substituents is 1. The fourth-order valence-electron chi connectivity index (χ4n) is 1.63. The SMILES string of the molecule is O=[N+]([O-])c1ccc(NCc2ccc(O)c(Cl)c2)cc1F. The lowest BCUT2D eigenvalue weighted by Gasteiger charge is -2.07. The van der Waals surface area contributed by atoms with Crippen LogP contribution in [0.15, 0.2) is 36.4 Å². The number of hydrogen-bond donors (Lipinski definition) is 2. The van der Waals surface area contributed by atoms with E-state index in [2.05, 4.69) is 5.32 Å². The number of rotatable bonds is 4. The fraction of sp³-hybridized carbons (Fsp3) is 0.0769. The van der Waals surface area contributed by atoms with Crippen molar-refractivity contribution < 1.29 is 14.4 Å². The summed E-state index contributed by atoms with van der Waals surface area (Å²) in [5.41, 5.74) is 0.632. The third-order valence-corrected chi connectivity index (χ3v) is 2.96. The molecule has 2 rings (SSSR count). The van der Waals surface area contributed by atoms with Crippen LogP contribution >= 0.6 is 11.6 Å². The molecule has 0 heterocycles. The third kappa shape index (κ3) is 3.16. The molecule has 2 aromatic rings. The van der Waals surface area contributed by atoms with Crippen LogP contribution in [0.4, 0.5) is 15.8 Å². The van der Waals surface area contributed by atoms with Crippen molar-refractivity contribution in [3.8, 4) is 5.75 Å². The number of nitro groups is 1. The van der Waals surface area contributed by atoms with Crippen LogP contribution in [0.25, 0.3) is 0 Å². The van der Waals surface area contributed by atoms with Gasteiger partial charge >= 0.3 is 5.69 Å². The van der Waals surface area contributed by atoms with E-state index < -0.39 is 16.4 Å². The maximum atomic E-state index is 13.4. The summed E-state index contributed by atoms with van der Waals surface area (Å²) in [6, 6.07) is 8.27.